The first-order valence-corrected chi connectivity index (χ1v) is 7.32. The van der Waals surface area contributed by atoms with E-state index in [2.05, 4.69) is 5.32 Å². The average molecular weight is 353 g/mol. The van der Waals surface area contributed by atoms with Crippen molar-refractivity contribution in [3.05, 3.63) is 35.4 Å². The SMILES string of the molecule is CCCC(C)(N)C(=O)NC(C)Cc1ccc(C(F)(F)F)cc1.Cl. The van der Waals surface area contributed by atoms with E-state index < -0.39 is 17.3 Å². The van der Waals surface area contributed by atoms with E-state index >= 15 is 0 Å². The molecule has 1 rings (SSSR count). The number of benzene rings is 1. The minimum Gasteiger partial charge on any atom is -0.352 e. The number of rotatable bonds is 6. The number of alkyl halides is 3. The monoisotopic (exact) mass is 352 g/mol. The molecule has 132 valence electrons. The van der Waals surface area contributed by atoms with Crippen LogP contribution in [-0.4, -0.2) is 17.5 Å². The second kappa shape index (κ2) is 8.55. The predicted molar refractivity (Wildman–Crippen MR) is 87.5 cm³/mol. The molecule has 0 fully saturated rings. The molecule has 0 aliphatic heterocycles. The van der Waals surface area contributed by atoms with Crippen molar-refractivity contribution in [3.63, 3.8) is 0 Å². The lowest BCUT2D eigenvalue weighted by atomic mass is 9.95. The van der Waals surface area contributed by atoms with E-state index in [1.165, 1.54) is 12.1 Å². The largest absolute Gasteiger partial charge is 0.416 e. The number of nitrogens with two attached hydrogens (primary N) is 1. The lowest BCUT2D eigenvalue weighted by Crippen LogP contribution is -2.53. The molecule has 23 heavy (non-hydrogen) atoms. The van der Waals surface area contributed by atoms with Crippen LogP contribution in [0.4, 0.5) is 13.2 Å². The number of carbonyl (C=O) groups is 1. The molecule has 0 saturated heterocycles. The van der Waals surface area contributed by atoms with Gasteiger partial charge in [0.25, 0.3) is 0 Å². The van der Waals surface area contributed by atoms with Gasteiger partial charge in [-0.2, -0.15) is 13.2 Å². The van der Waals surface area contributed by atoms with Crippen LogP contribution >= 0.6 is 12.4 Å². The fraction of sp³-hybridized carbons (Fsp3) is 0.562. The van der Waals surface area contributed by atoms with Crippen LogP contribution < -0.4 is 11.1 Å². The molecule has 3 nitrogen and oxygen atoms in total. The predicted octanol–water partition coefficient (Wildman–Crippen LogP) is 3.69. The zero-order valence-corrected chi connectivity index (χ0v) is 14.4. The van der Waals surface area contributed by atoms with Gasteiger partial charge in [0.2, 0.25) is 5.91 Å². The molecule has 2 unspecified atom stereocenters. The Morgan fingerprint density at radius 1 is 1.26 bits per heavy atom. The molecule has 1 aromatic rings. The molecular formula is C16H24ClF3N2O. The number of carbonyl (C=O) groups excluding carboxylic acids is 1. The molecule has 3 N–H and O–H groups in total. The Hall–Kier alpha value is -1.27. The van der Waals surface area contributed by atoms with Crippen molar-refractivity contribution in [1.82, 2.24) is 5.32 Å². The third-order valence-electron chi connectivity index (χ3n) is 3.49. The van der Waals surface area contributed by atoms with Crippen LogP contribution in [0.1, 0.15) is 44.7 Å². The Bertz CT molecular complexity index is 501. The normalized spacial score (nSPS) is 15.3. The van der Waals surface area contributed by atoms with Gasteiger partial charge in [-0.1, -0.05) is 25.5 Å². The Kier molecular flexibility index (Phi) is 8.07. The van der Waals surface area contributed by atoms with E-state index in [0.29, 0.717) is 12.8 Å². The molecular weight excluding hydrogens is 329 g/mol. The summed E-state index contributed by atoms with van der Waals surface area (Å²) < 4.78 is 37.5. The maximum absolute atomic E-state index is 12.5. The van der Waals surface area contributed by atoms with Gasteiger partial charge in [0.05, 0.1) is 11.1 Å². The van der Waals surface area contributed by atoms with Crippen molar-refractivity contribution in [2.24, 2.45) is 5.73 Å². The van der Waals surface area contributed by atoms with Crippen LogP contribution in [0.25, 0.3) is 0 Å². The summed E-state index contributed by atoms with van der Waals surface area (Å²) >= 11 is 0. The number of halogens is 4. The van der Waals surface area contributed by atoms with Crippen molar-refractivity contribution in [2.75, 3.05) is 0 Å². The summed E-state index contributed by atoms with van der Waals surface area (Å²) in [6, 6.07) is 4.75. The van der Waals surface area contributed by atoms with Gasteiger partial charge in [-0.3, -0.25) is 4.79 Å². The summed E-state index contributed by atoms with van der Waals surface area (Å²) in [5.41, 5.74) is 5.07. The summed E-state index contributed by atoms with van der Waals surface area (Å²) in [4.78, 5) is 12.1. The maximum atomic E-state index is 12.5. The zero-order valence-electron chi connectivity index (χ0n) is 13.5. The Morgan fingerprint density at radius 2 is 1.78 bits per heavy atom. The van der Waals surface area contributed by atoms with Gasteiger partial charge in [0.15, 0.2) is 0 Å². The van der Waals surface area contributed by atoms with E-state index in [4.69, 9.17) is 5.73 Å². The highest BCUT2D eigenvalue weighted by Crippen LogP contribution is 2.29. The molecule has 0 bridgehead atoms. The molecule has 1 amide bonds. The van der Waals surface area contributed by atoms with E-state index in [1.807, 2.05) is 6.92 Å². The molecule has 0 saturated carbocycles. The highest BCUT2D eigenvalue weighted by molar-refractivity contribution is 5.86. The number of nitrogens with one attached hydrogen (secondary N) is 1. The first-order chi connectivity index (χ1) is 10.1. The third-order valence-corrected chi connectivity index (χ3v) is 3.49. The first kappa shape index (κ1) is 21.7. The average Bonchev–Trinajstić information content (AvgIpc) is 2.37. The summed E-state index contributed by atoms with van der Waals surface area (Å²) in [5.74, 6) is -0.242. The van der Waals surface area contributed by atoms with Gasteiger partial charge in [-0.05, 0) is 44.4 Å². The molecule has 0 radical (unpaired) electrons. The molecule has 0 aliphatic rings. The second-order valence-corrected chi connectivity index (χ2v) is 5.94. The summed E-state index contributed by atoms with van der Waals surface area (Å²) in [6.45, 7) is 5.43. The Balaban J connectivity index is 0.00000484. The van der Waals surface area contributed by atoms with Gasteiger partial charge in [-0.25, -0.2) is 0 Å². The van der Waals surface area contributed by atoms with Crippen LogP contribution in [0.3, 0.4) is 0 Å². The Morgan fingerprint density at radius 3 is 2.22 bits per heavy atom. The van der Waals surface area contributed by atoms with Crippen molar-refractivity contribution in [2.45, 2.75) is 57.8 Å². The van der Waals surface area contributed by atoms with Crippen molar-refractivity contribution in [1.29, 1.82) is 0 Å². The zero-order chi connectivity index (χ0) is 17.0. The summed E-state index contributed by atoms with van der Waals surface area (Å²) in [7, 11) is 0. The second-order valence-electron chi connectivity index (χ2n) is 5.94. The van der Waals surface area contributed by atoms with E-state index in [0.717, 1.165) is 24.1 Å². The number of amides is 1. The number of hydrogen-bond acceptors (Lipinski definition) is 2. The van der Waals surface area contributed by atoms with Gasteiger partial charge < -0.3 is 11.1 Å². The lowest BCUT2D eigenvalue weighted by molar-refractivity contribution is -0.137. The first-order valence-electron chi connectivity index (χ1n) is 7.32. The van der Waals surface area contributed by atoms with Crippen LogP contribution in [0.2, 0.25) is 0 Å². The van der Waals surface area contributed by atoms with E-state index in [-0.39, 0.29) is 24.4 Å². The molecule has 0 heterocycles. The minimum absolute atomic E-state index is 0. The van der Waals surface area contributed by atoms with E-state index in [1.54, 1.807) is 13.8 Å². The van der Waals surface area contributed by atoms with Crippen LogP contribution in [0.5, 0.6) is 0 Å². The van der Waals surface area contributed by atoms with Crippen LogP contribution in [-0.2, 0) is 17.4 Å². The topological polar surface area (TPSA) is 55.1 Å². The molecule has 7 heteroatoms. The van der Waals surface area contributed by atoms with E-state index in [9.17, 15) is 18.0 Å². The fourth-order valence-corrected chi connectivity index (χ4v) is 2.26. The minimum atomic E-state index is -4.33. The van der Waals surface area contributed by atoms with Gasteiger partial charge >= 0.3 is 6.18 Å². The molecule has 0 spiro atoms. The van der Waals surface area contributed by atoms with Crippen molar-refractivity contribution in [3.8, 4) is 0 Å². The fourth-order valence-electron chi connectivity index (χ4n) is 2.26. The van der Waals surface area contributed by atoms with Crippen molar-refractivity contribution < 1.29 is 18.0 Å². The van der Waals surface area contributed by atoms with Gasteiger partial charge in [0, 0.05) is 6.04 Å². The summed E-state index contributed by atoms with van der Waals surface area (Å²) in [6.07, 6.45) is -2.51. The smallest absolute Gasteiger partial charge is 0.352 e. The molecule has 2 atom stereocenters. The molecule has 0 aromatic heterocycles. The van der Waals surface area contributed by atoms with Crippen LogP contribution in [0.15, 0.2) is 24.3 Å². The molecule has 0 aliphatic carbocycles. The highest BCUT2D eigenvalue weighted by Gasteiger charge is 2.30. The lowest BCUT2D eigenvalue weighted by Gasteiger charge is -2.25. The highest BCUT2D eigenvalue weighted by atomic mass is 35.5. The third kappa shape index (κ3) is 6.79. The Labute approximate surface area is 141 Å². The van der Waals surface area contributed by atoms with Gasteiger partial charge in [0.1, 0.15) is 0 Å². The van der Waals surface area contributed by atoms with Gasteiger partial charge in [-0.15, -0.1) is 12.4 Å². The standard InChI is InChI=1S/C16H23F3N2O.ClH/c1-4-9-15(3,20)14(22)21-11(2)10-12-5-7-13(8-6-12)16(17,18)19;/h5-8,11H,4,9-10,20H2,1-3H3,(H,21,22);1H. The molecule has 1 aromatic carbocycles. The van der Waals surface area contributed by atoms with Crippen molar-refractivity contribution >= 4 is 18.3 Å². The summed E-state index contributed by atoms with van der Waals surface area (Å²) in [5, 5.41) is 2.81. The number of hydrogen-bond donors (Lipinski definition) is 2. The quantitative estimate of drug-likeness (QED) is 0.820. The maximum Gasteiger partial charge on any atom is 0.416 e. The van der Waals surface area contributed by atoms with Crippen LogP contribution in [0, 0.1) is 0 Å².